The largest absolute Gasteiger partial charge is 0.477 e. The Labute approximate surface area is 204 Å². The number of anilines is 2. The van der Waals surface area contributed by atoms with Crippen molar-refractivity contribution in [3.8, 4) is 5.88 Å². The molecule has 10 heteroatoms. The van der Waals surface area contributed by atoms with Gasteiger partial charge in [-0.25, -0.2) is 9.97 Å². The van der Waals surface area contributed by atoms with Gasteiger partial charge in [0.25, 0.3) is 0 Å². The minimum atomic E-state index is 0. The van der Waals surface area contributed by atoms with E-state index in [4.69, 9.17) is 24.4 Å². The van der Waals surface area contributed by atoms with E-state index in [2.05, 4.69) is 15.1 Å². The third kappa shape index (κ3) is 4.09. The van der Waals surface area contributed by atoms with Crippen LogP contribution in [0.1, 0.15) is 30.9 Å². The molecule has 1 N–H and O–H groups in total. The number of halogens is 1. The lowest BCUT2D eigenvalue weighted by Crippen LogP contribution is -2.44. The topological polar surface area (TPSA) is 75.6 Å². The number of nitrogens with zero attached hydrogens (tertiary/aromatic N) is 5. The highest BCUT2D eigenvalue weighted by molar-refractivity contribution is 7.25. The third-order valence-electron chi connectivity index (χ3n) is 6.71. The highest BCUT2D eigenvalue weighted by atomic mass is 35.5. The summed E-state index contributed by atoms with van der Waals surface area (Å²) in [5.74, 6) is 2.64. The fourth-order valence-corrected chi connectivity index (χ4v) is 6.23. The molecule has 5 heterocycles. The minimum Gasteiger partial charge on any atom is -0.477 e. The maximum absolute atomic E-state index is 6.03. The van der Waals surface area contributed by atoms with Gasteiger partial charge in [0.05, 0.1) is 19.8 Å². The first-order chi connectivity index (χ1) is 15.8. The Kier molecular flexibility index (Phi) is 6.74. The highest BCUT2D eigenvalue weighted by Gasteiger charge is 2.28. The van der Waals surface area contributed by atoms with Crippen LogP contribution in [-0.2, 0) is 17.6 Å². The molecular formula is C23H31ClN6O2S. The number of thiophene rings is 1. The van der Waals surface area contributed by atoms with Crippen molar-refractivity contribution in [2.45, 2.75) is 32.6 Å². The van der Waals surface area contributed by atoms with Crippen molar-refractivity contribution >= 4 is 55.9 Å². The predicted molar refractivity (Wildman–Crippen MR) is 136 cm³/mol. The fraction of sp³-hybridized carbons (Fsp3) is 0.609. The molecular weight excluding hydrogens is 460 g/mol. The van der Waals surface area contributed by atoms with Crippen LogP contribution in [0.3, 0.4) is 0 Å². The summed E-state index contributed by atoms with van der Waals surface area (Å²) in [7, 11) is 0. The zero-order chi connectivity index (χ0) is 21.5. The molecule has 6 rings (SSSR count). The van der Waals surface area contributed by atoms with Crippen molar-refractivity contribution < 1.29 is 9.47 Å². The van der Waals surface area contributed by atoms with Gasteiger partial charge in [-0.2, -0.15) is 4.98 Å². The van der Waals surface area contributed by atoms with E-state index in [0.717, 1.165) is 92.1 Å². The average Bonchev–Trinajstić information content (AvgIpc) is 3.24. The molecule has 8 nitrogen and oxygen atoms in total. The first-order valence-corrected chi connectivity index (χ1v) is 12.7. The van der Waals surface area contributed by atoms with E-state index in [-0.39, 0.29) is 12.4 Å². The number of pyridine rings is 1. The molecule has 0 aromatic carbocycles. The molecule has 3 aliphatic rings. The number of piperazine rings is 1. The van der Waals surface area contributed by atoms with Crippen molar-refractivity contribution in [2.75, 3.05) is 68.9 Å². The first-order valence-electron chi connectivity index (χ1n) is 11.9. The average molecular weight is 491 g/mol. The molecule has 0 radical (unpaired) electrons. The fourth-order valence-electron chi connectivity index (χ4n) is 5.15. The summed E-state index contributed by atoms with van der Waals surface area (Å²) in [6.07, 6.45) is 4.63. The zero-order valence-corrected chi connectivity index (χ0v) is 20.7. The number of hydrogen-bond acceptors (Lipinski definition) is 9. The second-order valence-corrected chi connectivity index (χ2v) is 9.66. The second kappa shape index (κ2) is 9.74. The number of aromatic nitrogens is 3. The maximum atomic E-state index is 6.03. The Morgan fingerprint density at radius 1 is 0.970 bits per heavy atom. The molecule has 178 valence electrons. The lowest BCUT2D eigenvalue weighted by molar-refractivity contribution is 0.122. The predicted octanol–water partition coefficient (Wildman–Crippen LogP) is 3.19. The van der Waals surface area contributed by atoms with Gasteiger partial charge in [0.15, 0.2) is 0 Å². The number of aryl methyl sites for hydroxylation is 1. The molecule has 3 aromatic heterocycles. The lowest BCUT2D eigenvalue weighted by atomic mass is 9.90. The molecule has 1 aliphatic carbocycles. The van der Waals surface area contributed by atoms with Gasteiger partial charge in [0.2, 0.25) is 11.8 Å². The van der Waals surface area contributed by atoms with Crippen LogP contribution in [-0.4, -0.2) is 74.0 Å². The standard InChI is InChI=1S/C23H30N6O2S.ClH/c1-2-31-21-19-18(25-23(27-21)29-9-7-24-8-10-29)17-15-5-3-4-6-16(15)20(26-22(17)32-19)28-11-13-30-14-12-28;/h24H,2-14H2,1H3;1H. The van der Waals surface area contributed by atoms with Gasteiger partial charge >= 0.3 is 0 Å². The number of fused-ring (bicyclic) bond motifs is 5. The molecule has 2 fully saturated rings. The van der Waals surface area contributed by atoms with Gasteiger partial charge in [-0.3, -0.25) is 0 Å². The van der Waals surface area contributed by atoms with Gasteiger partial charge in [-0.1, -0.05) is 0 Å². The van der Waals surface area contributed by atoms with Crippen molar-refractivity contribution in [1.82, 2.24) is 20.3 Å². The third-order valence-corrected chi connectivity index (χ3v) is 7.77. The van der Waals surface area contributed by atoms with Crippen molar-refractivity contribution in [2.24, 2.45) is 0 Å². The van der Waals surface area contributed by atoms with Crippen LogP contribution in [0.2, 0.25) is 0 Å². The number of hydrogen-bond donors (Lipinski definition) is 1. The summed E-state index contributed by atoms with van der Waals surface area (Å²) in [6, 6.07) is 0. The second-order valence-electron chi connectivity index (χ2n) is 8.66. The molecule has 0 amide bonds. The SMILES string of the molecule is CCOc1nc(N2CCNCC2)nc2c1sc1nc(N3CCOCC3)c3c(c12)CCCC3.Cl. The van der Waals surface area contributed by atoms with Gasteiger partial charge in [-0.05, 0) is 43.7 Å². The Balaban J connectivity index is 0.00000228. The van der Waals surface area contributed by atoms with Crippen molar-refractivity contribution in [3.05, 3.63) is 11.1 Å². The van der Waals surface area contributed by atoms with E-state index in [1.807, 2.05) is 6.92 Å². The Morgan fingerprint density at radius 2 is 1.73 bits per heavy atom. The molecule has 2 saturated heterocycles. The summed E-state index contributed by atoms with van der Waals surface area (Å²) in [5, 5.41) is 4.65. The monoisotopic (exact) mass is 490 g/mol. The summed E-state index contributed by atoms with van der Waals surface area (Å²) in [5.41, 5.74) is 3.89. The van der Waals surface area contributed by atoms with E-state index in [1.165, 1.54) is 29.4 Å². The molecule has 0 unspecified atom stereocenters. The van der Waals surface area contributed by atoms with Crippen LogP contribution in [0.5, 0.6) is 5.88 Å². The van der Waals surface area contributed by atoms with Gasteiger partial charge in [0, 0.05) is 44.7 Å². The smallest absolute Gasteiger partial charge is 0.236 e. The van der Waals surface area contributed by atoms with Gasteiger partial charge < -0.3 is 24.6 Å². The maximum Gasteiger partial charge on any atom is 0.236 e. The van der Waals surface area contributed by atoms with E-state index >= 15 is 0 Å². The van der Waals surface area contributed by atoms with Crippen LogP contribution >= 0.6 is 23.7 Å². The minimum absolute atomic E-state index is 0. The zero-order valence-electron chi connectivity index (χ0n) is 19.1. The van der Waals surface area contributed by atoms with Crippen LogP contribution in [0.25, 0.3) is 20.4 Å². The van der Waals surface area contributed by atoms with E-state index in [1.54, 1.807) is 11.3 Å². The van der Waals surface area contributed by atoms with Crippen LogP contribution in [0, 0.1) is 0 Å². The molecule has 0 saturated carbocycles. The van der Waals surface area contributed by atoms with Crippen LogP contribution in [0.15, 0.2) is 0 Å². The molecule has 0 spiro atoms. The Bertz CT molecular complexity index is 1140. The van der Waals surface area contributed by atoms with Crippen LogP contribution in [0.4, 0.5) is 11.8 Å². The molecule has 0 atom stereocenters. The molecule has 33 heavy (non-hydrogen) atoms. The lowest BCUT2D eigenvalue weighted by Gasteiger charge is -2.31. The van der Waals surface area contributed by atoms with E-state index in [9.17, 15) is 0 Å². The summed E-state index contributed by atoms with van der Waals surface area (Å²) in [4.78, 5) is 21.0. The normalized spacial score (nSPS) is 18.9. The Morgan fingerprint density at radius 3 is 2.48 bits per heavy atom. The van der Waals surface area contributed by atoms with Crippen molar-refractivity contribution in [1.29, 1.82) is 0 Å². The van der Waals surface area contributed by atoms with Crippen LogP contribution < -0.4 is 19.9 Å². The molecule has 2 aliphatic heterocycles. The van der Waals surface area contributed by atoms with E-state index < -0.39 is 0 Å². The summed E-state index contributed by atoms with van der Waals surface area (Å²) < 4.78 is 12.7. The number of rotatable bonds is 4. The first kappa shape index (κ1) is 22.8. The Hall–Kier alpha value is -1.94. The summed E-state index contributed by atoms with van der Waals surface area (Å²) in [6.45, 7) is 9.71. The number of nitrogens with one attached hydrogen (secondary N) is 1. The quantitative estimate of drug-likeness (QED) is 0.597. The summed E-state index contributed by atoms with van der Waals surface area (Å²) >= 11 is 1.68. The number of morpholine rings is 1. The number of ether oxygens (including phenoxy) is 2. The van der Waals surface area contributed by atoms with E-state index in [0.29, 0.717) is 12.5 Å². The highest BCUT2D eigenvalue weighted by Crippen LogP contribution is 2.44. The van der Waals surface area contributed by atoms with Crippen molar-refractivity contribution in [3.63, 3.8) is 0 Å². The molecule has 0 bridgehead atoms. The van der Waals surface area contributed by atoms with Gasteiger partial charge in [-0.15, -0.1) is 23.7 Å². The molecule has 3 aromatic rings. The van der Waals surface area contributed by atoms with Gasteiger partial charge in [0.1, 0.15) is 20.9 Å².